The molecular weight excluding hydrogens is 413 g/mol. The molecule has 4 rings (SSSR count). The number of halogens is 1. The third-order valence-electron chi connectivity index (χ3n) is 4.69. The molecule has 0 aliphatic heterocycles. The summed E-state index contributed by atoms with van der Waals surface area (Å²) in [5.74, 6) is 0.413. The molecule has 0 radical (unpaired) electrons. The van der Waals surface area contributed by atoms with E-state index in [9.17, 15) is 9.18 Å². The fourth-order valence-electron chi connectivity index (χ4n) is 3.10. The number of benzene rings is 2. The summed E-state index contributed by atoms with van der Waals surface area (Å²) in [4.78, 5) is 20.9. The van der Waals surface area contributed by atoms with Crippen molar-refractivity contribution in [2.24, 2.45) is 0 Å². The number of unbranched alkanes of at least 4 members (excludes halogenated alkanes) is 1. The number of para-hydroxylation sites is 1. The van der Waals surface area contributed by atoms with Crippen LogP contribution in [0.1, 0.15) is 29.8 Å². The number of hydrogen-bond donors (Lipinski definition) is 1. The van der Waals surface area contributed by atoms with Gasteiger partial charge in [-0.05, 0) is 49.1 Å². The molecule has 5 nitrogen and oxygen atoms in total. The number of fused-ring (bicyclic) bond motifs is 1. The molecular formula is C24H22FN3O2S. The number of aryl methyl sites for hydroxylation is 1. The molecule has 0 atom stereocenters. The van der Waals surface area contributed by atoms with Gasteiger partial charge in [0, 0.05) is 31.3 Å². The van der Waals surface area contributed by atoms with Crippen LogP contribution in [0.4, 0.5) is 4.39 Å². The van der Waals surface area contributed by atoms with Crippen molar-refractivity contribution in [2.75, 3.05) is 0 Å². The predicted octanol–water partition coefficient (Wildman–Crippen LogP) is 5.65. The van der Waals surface area contributed by atoms with E-state index in [-0.39, 0.29) is 11.7 Å². The maximum absolute atomic E-state index is 13.2. The lowest BCUT2D eigenvalue weighted by atomic mass is 10.2. The fourth-order valence-corrected chi connectivity index (χ4v) is 4.11. The van der Waals surface area contributed by atoms with Gasteiger partial charge in [0.25, 0.3) is 0 Å². The number of nitrogens with one attached hydrogen (secondary N) is 1. The molecule has 0 aliphatic rings. The van der Waals surface area contributed by atoms with Crippen LogP contribution in [0.15, 0.2) is 66.9 Å². The zero-order valence-electron chi connectivity index (χ0n) is 16.9. The minimum absolute atomic E-state index is 0.0180. The van der Waals surface area contributed by atoms with Gasteiger partial charge in [0.1, 0.15) is 11.6 Å². The number of ether oxygens (including phenoxy) is 1. The summed E-state index contributed by atoms with van der Waals surface area (Å²) in [5, 5.41) is 4.03. The van der Waals surface area contributed by atoms with Gasteiger partial charge in [-0.3, -0.25) is 4.79 Å². The highest BCUT2D eigenvalue weighted by Crippen LogP contribution is 2.23. The van der Waals surface area contributed by atoms with E-state index in [2.05, 4.69) is 21.4 Å². The summed E-state index contributed by atoms with van der Waals surface area (Å²) in [6, 6.07) is 17.5. The lowest BCUT2D eigenvalue weighted by Gasteiger charge is -2.07. The van der Waals surface area contributed by atoms with Crippen LogP contribution in [0.5, 0.6) is 11.6 Å². The van der Waals surface area contributed by atoms with Gasteiger partial charge < -0.3 is 10.1 Å². The summed E-state index contributed by atoms with van der Waals surface area (Å²) in [6.07, 6.45) is 4.77. The van der Waals surface area contributed by atoms with Gasteiger partial charge in [0.2, 0.25) is 11.8 Å². The summed E-state index contributed by atoms with van der Waals surface area (Å²) in [6.45, 7) is 0.407. The van der Waals surface area contributed by atoms with Gasteiger partial charge in [-0.15, -0.1) is 11.3 Å². The Hall–Kier alpha value is -3.32. The first-order valence-corrected chi connectivity index (χ1v) is 11.0. The first kappa shape index (κ1) is 20.9. The lowest BCUT2D eigenvalue weighted by Crippen LogP contribution is -2.22. The lowest BCUT2D eigenvalue weighted by molar-refractivity contribution is -0.121. The van der Waals surface area contributed by atoms with Crippen LogP contribution >= 0.6 is 11.3 Å². The summed E-state index contributed by atoms with van der Waals surface area (Å²) in [7, 11) is 0. The molecule has 0 saturated heterocycles. The first-order valence-electron chi connectivity index (χ1n) is 10.2. The summed E-state index contributed by atoms with van der Waals surface area (Å²) >= 11 is 1.72. The molecule has 4 aromatic rings. The van der Waals surface area contributed by atoms with Crippen molar-refractivity contribution in [3.8, 4) is 11.6 Å². The Kier molecular flexibility index (Phi) is 6.84. The number of hydrogen-bond acceptors (Lipinski definition) is 5. The zero-order valence-corrected chi connectivity index (χ0v) is 17.7. The number of carbonyl (C=O) groups is 1. The van der Waals surface area contributed by atoms with Crippen LogP contribution in [-0.4, -0.2) is 15.9 Å². The molecule has 158 valence electrons. The van der Waals surface area contributed by atoms with Gasteiger partial charge in [0.15, 0.2) is 0 Å². The molecule has 2 aromatic heterocycles. The van der Waals surface area contributed by atoms with E-state index >= 15 is 0 Å². The molecule has 0 saturated carbocycles. The predicted molar refractivity (Wildman–Crippen MR) is 120 cm³/mol. The highest BCUT2D eigenvalue weighted by molar-refractivity contribution is 7.18. The molecule has 31 heavy (non-hydrogen) atoms. The fraction of sp³-hybridized carbons (Fsp3) is 0.208. The van der Waals surface area contributed by atoms with E-state index in [4.69, 9.17) is 4.74 Å². The minimum Gasteiger partial charge on any atom is -0.439 e. The Balaban J connectivity index is 1.16. The Bertz CT molecular complexity index is 1130. The number of nitrogens with zero attached hydrogens (tertiary/aromatic N) is 2. The number of pyridine rings is 1. The van der Waals surface area contributed by atoms with Gasteiger partial charge in [-0.2, -0.15) is 0 Å². The molecule has 2 heterocycles. The van der Waals surface area contributed by atoms with Crippen molar-refractivity contribution >= 4 is 27.5 Å². The van der Waals surface area contributed by atoms with E-state index in [1.165, 1.54) is 16.8 Å². The van der Waals surface area contributed by atoms with Gasteiger partial charge in [-0.1, -0.05) is 24.3 Å². The molecule has 0 aliphatic carbocycles. The Morgan fingerprint density at radius 1 is 1.06 bits per heavy atom. The van der Waals surface area contributed by atoms with E-state index in [1.54, 1.807) is 35.7 Å². The minimum atomic E-state index is -0.364. The second-order valence-corrected chi connectivity index (χ2v) is 8.24. The van der Waals surface area contributed by atoms with E-state index in [1.807, 2.05) is 24.3 Å². The van der Waals surface area contributed by atoms with E-state index in [0.717, 1.165) is 35.4 Å². The topological polar surface area (TPSA) is 64.1 Å². The number of aromatic nitrogens is 2. The molecule has 0 bridgehead atoms. The highest BCUT2D eigenvalue weighted by Gasteiger charge is 2.06. The van der Waals surface area contributed by atoms with Gasteiger partial charge >= 0.3 is 0 Å². The average molecular weight is 436 g/mol. The average Bonchev–Trinajstić information content (AvgIpc) is 3.19. The third kappa shape index (κ3) is 6.08. The quantitative estimate of drug-likeness (QED) is 0.345. The standard InChI is InChI=1S/C24H22FN3O2S/c25-18-6-5-7-19(14-18)30-23-13-12-17(16-27-23)15-26-22(29)10-3-4-11-24-28-20-8-1-2-9-21(20)31-24/h1-2,5-9,12-14,16H,3-4,10-11,15H2,(H,26,29). The van der Waals surface area contributed by atoms with E-state index in [0.29, 0.717) is 24.6 Å². The normalized spacial score (nSPS) is 10.9. The van der Waals surface area contributed by atoms with Crippen LogP contribution in [-0.2, 0) is 17.8 Å². The number of thiazole rings is 1. The molecule has 1 amide bonds. The van der Waals surface area contributed by atoms with Crippen LogP contribution in [0, 0.1) is 5.82 Å². The van der Waals surface area contributed by atoms with Crippen molar-refractivity contribution < 1.29 is 13.9 Å². The molecule has 0 fully saturated rings. The van der Waals surface area contributed by atoms with Crippen molar-refractivity contribution in [2.45, 2.75) is 32.2 Å². The van der Waals surface area contributed by atoms with Crippen LogP contribution in [0.25, 0.3) is 10.2 Å². The van der Waals surface area contributed by atoms with Gasteiger partial charge in [-0.25, -0.2) is 14.4 Å². The number of carbonyl (C=O) groups excluding carboxylic acids is 1. The molecule has 1 N–H and O–H groups in total. The van der Waals surface area contributed by atoms with E-state index < -0.39 is 0 Å². The second kappa shape index (κ2) is 10.1. The Morgan fingerprint density at radius 2 is 1.97 bits per heavy atom. The highest BCUT2D eigenvalue weighted by atomic mass is 32.1. The Labute approximate surface area is 183 Å². The molecule has 0 unspecified atom stereocenters. The monoisotopic (exact) mass is 435 g/mol. The van der Waals surface area contributed by atoms with Crippen molar-refractivity contribution in [3.05, 3.63) is 83.2 Å². The molecule has 0 spiro atoms. The SMILES string of the molecule is O=C(CCCCc1nc2ccccc2s1)NCc1ccc(Oc2cccc(F)c2)nc1. The smallest absolute Gasteiger partial charge is 0.220 e. The largest absolute Gasteiger partial charge is 0.439 e. The van der Waals surface area contributed by atoms with Crippen LogP contribution in [0.3, 0.4) is 0 Å². The van der Waals surface area contributed by atoms with Crippen molar-refractivity contribution in [3.63, 3.8) is 0 Å². The third-order valence-corrected chi connectivity index (χ3v) is 5.78. The van der Waals surface area contributed by atoms with Crippen LogP contribution in [0.2, 0.25) is 0 Å². The zero-order chi connectivity index (χ0) is 21.5. The summed E-state index contributed by atoms with van der Waals surface area (Å²) in [5.41, 5.74) is 1.91. The maximum Gasteiger partial charge on any atom is 0.220 e. The first-order chi connectivity index (χ1) is 15.2. The van der Waals surface area contributed by atoms with Crippen molar-refractivity contribution in [1.29, 1.82) is 0 Å². The van der Waals surface area contributed by atoms with Crippen LogP contribution < -0.4 is 10.1 Å². The number of rotatable bonds is 9. The maximum atomic E-state index is 13.2. The number of amides is 1. The Morgan fingerprint density at radius 3 is 2.77 bits per heavy atom. The summed E-state index contributed by atoms with van der Waals surface area (Å²) < 4.78 is 19.9. The molecule has 7 heteroatoms. The second-order valence-electron chi connectivity index (χ2n) is 7.12. The van der Waals surface area contributed by atoms with Crippen molar-refractivity contribution in [1.82, 2.24) is 15.3 Å². The molecule has 2 aromatic carbocycles. The van der Waals surface area contributed by atoms with Gasteiger partial charge in [0.05, 0.1) is 15.2 Å².